The Kier molecular flexibility index (Phi) is 3.49. The summed E-state index contributed by atoms with van der Waals surface area (Å²) in [6, 6.07) is 15.1. The number of benzene rings is 2. The number of carbonyl (C=O) groups excluding carboxylic acids is 1. The zero-order valence-electron chi connectivity index (χ0n) is 18.1. The van der Waals surface area contributed by atoms with Gasteiger partial charge in [0.05, 0.1) is 11.4 Å². The number of aromatic nitrogens is 1. The summed E-state index contributed by atoms with van der Waals surface area (Å²) < 4.78 is 0. The van der Waals surface area contributed by atoms with Crippen LogP contribution in [-0.4, -0.2) is 23.0 Å². The molecule has 1 saturated carbocycles. The first-order valence-electron chi connectivity index (χ1n) is 12.0. The predicted octanol–water partition coefficient (Wildman–Crippen LogP) is 5.11. The van der Waals surface area contributed by atoms with E-state index in [9.17, 15) is 4.79 Å². The van der Waals surface area contributed by atoms with Crippen molar-refractivity contribution in [3.05, 3.63) is 64.8 Å². The van der Waals surface area contributed by atoms with E-state index in [0.717, 1.165) is 43.4 Å². The summed E-state index contributed by atoms with van der Waals surface area (Å²) in [5, 5.41) is 5.01. The van der Waals surface area contributed by atoms with Crippen LogP contribution in [0.5, 0.6) is 0 Å². The highest BCUT2D eigenvalue weighted by Crippen LogP contribution is 2.58. The predicted molar refractivity (Wildman–Crippen MR) is 124 cm³/mol. The average Bonchev–Trinajstić information content (AvgIpc) is 3.29. The van der Waals surface area contributed by atoms with E-state index in [1.807, 2.05) is 0 Å². The van der Waals surface area contributed by atoms with Gasteiger partial charge in [0, 0.05) is 28.6 Å². The van der Waals surface area contributed by atoms with Crippen LogP contribution in [-0.2, 0) is 16.8 Å². The lowest BCUT2D eigenvalue weighted by atomic mass is 9.70. The SMILES string of the molecule is C[C@H]1CC2(CCCCC2)N2C(=O)[C@@]3(NCCc4c3[nH]c3ccccc43)c3cccc1c32. The Morgan fingerprint density at radius 1 is 1.03 bits per heavy atom. The number of H-pyrrole nitrogens is 1. The molecule has 4 heterocycles. The van der Waals surface area contributed by atoms with Crippen LogP contribution in [0.4, 0.5) is 5.69 Å². The number of nitrogens with one attached hydrogen (secondary N) is 2. The first-order valence-corrected chi connectivity index (χ1v) is 12.0. The molecule has 3 aliphatic heterocycles. The van der Waals surface area contributed by atoms with E-state index in [1.165, 1.54) is 47.0 Å². The Hall–Kier alpha value is -2.59. The average molecular weight is 412 g/mol. The molecule has 2 aromatic carbocycles. The van der Waals surface area contributed by atoms with Crippen molar-refractivity contribution in [2.45, 2.75) is 68.9 Å². The molecule has 7 rings (SSSR count). The number of rotatable bonds is 0. The summed E-state index contributed by atoms with van der Waals surface area (Å²) in [5.41, 5.74) is 6.45. The smallest absolute Gasteiger partial charge is 0.258 e. The van der Waals surface area contributed by atoms with E-state index in [-0.39, 0.29) is 11.4 Å². The molecule has 4 heteroatoms. The van der Waals surface area contributed by atoms with Gasteiger partial charge in [0.25, 0.3) is 5.91 Å². The molecule has 3 aromatic rings. The number of hydrogen-bond acceptors (Lipinski definition) is 2. The summed E-state index contributed by atoms with van der Waals surface area (Å²) in [5.74, 6) is 0.731. The van der Waals surface area contributed by atoms with Gasteiger partial charge in [-0.2, -0.15) is 0 Å². The van der Waals surface area contributed by atoms with Crippen LogP contribution in [0.25, 0.3) is 10.9 Å². The maximum absolute atomic E-state index is 14.6. The third-order valence-corrected chi connectivity index (χ3v) is 8.65. The number of carbonyl (C=O) groups is 1. The Bertz CT molecular complexity index is 1230. The molecule has 0 radical (unpaired) electrons. The van der Waals surface area contributed by atoms with Crippen LogP contribution in [0.15, 0.2) is 42.5 Å². The molecule has 0 saturated heterocycles. The second kappa shape index (κ2) is 6.01. The van der Waals surface area contributed by atoms with Gasteiger partial charge in [-0.15, -0.1) is 0 Å². The number of para-hydroxylation sites is 2. The van der Waals surface area contributed by atoms with Crippen LogP contribution in [0.3, 0.4) is 0 Å². The lowest BCUT2D eigenvalue weighted by Crippen LogP contribution is -2.61. The number of nitrogens with zero attached hydrogens (tertiary/aromatic N) is 1. The second-order valence-corrected chi connectivity index (χ2v) is 10.2. The molecule has 31 heavy (non-hydrogen) atoms. The molecule has 1 aromatic heterocycles. The fraction of sp³-hybridized carbons (Fsp3) is 0.444. The van der Waals surface area contributed by atoms with Gasteiger partial charge >= 0.3 is 0 Å². The van der Waals surface area contributed by atoms with Crippen LogP contribution >= 0.6 is 0 Å². The minimum Gasteiger partial charge on any atom is -0.356 e. The third kappa shape index (κ3) is 2.07. The quantitative estimate of drug-likeness (QED) is 0.540. The number of fused-ring (bicyclic) bond motifs is 6. The molecule has 2 spiro atoms. The zero-order chi connectivity index (χ0) is 20.8. The molecule has 158 valence electrons. The summed E-state index contributed by atoms with van der Waals surface area (Å²) in [4.78, 5) is 20.6. The standard InChI is InChI=1S/C27H29N3O/c1-17-16-26(13-5-2-6-14-26)30-23-18(17)9-7-10-21(23)27(25(30)31)24-20(12-15-28-27)19-8-3-4-11-22(19)29-24/h3-4,7-11,17,28-29H,2,5-6,12-16H2,1H3/t17-,27+/m0/s1. The summed E-state index contributed by atoms with van der Waals surface area (Å²) in [6.07, 6.45) is 8.05. The minimum absolute atomic E-state index is 0.0212. The van der Waals surface area contributed by atoms with Crippen LogP contribution in [0.1, 0.15) is 73.8 Å². The van der Waals surface area contributed by atoms with Crippen molar-refractivity contribution in [2.75, 3.05) is 11.4 Å². The van der Waals surface area contributed by atoms with Gasteiger partial charge < -0.3 is 9.88 Å². The molecular weight excluding hydrogens is 382 g/mol. The number of aromatic amines is 1. The first kappa shape index (κ1) is 18.0. The first-order chi connectivity index (χ1) is 15.2. The van der Waals surface area contributed by atoms with Gasteiger partial charge in [0.15, 0.2) is 5.54 Å². The molecule has 0 unspecified atom stereocenters. The van der Waals surface area contributed by atoms with E-state index in [2.05, 4.69) is 64.6 Å². The van der Waals surface area contributed by atoms with Gasteiger partial charge in [-0.05, 0) is 48.8 Å². The monoisotopic (exact) mass is 411 g/mol. The fourth-order valence-corrected chi connectivity index (χ4v) is 7.41. The van der Waals surface area contributed by atoms with Crippen molar-refractivity contribution in [2.24, 2.45) is 0 Å². The maximum Gasteiger partial charge on any atom is 0.258 e. The Morgan fingerprint density at radius 3 is 2.74 bits per heavy atom. The van der Waals surface area contributed by atoms with Gasteiger partial charge in [-0.25, -0.2) is 0 Å². The van der Waals surface area contributed by atoms with Crippen molar-refractivity contribution in [1.29, 1.82) is 0 Å². The summed E-state index contributed by atoms with van der Waals surface area (Å²) >= 11 is 0. The zero-order valence-corrected chi connectivity index (χ0v) is 18.1. The van der Waals surface area contributed by atoms with Crippen LogP contribution in [0, 0.1) is 0 Å². The molecule has 4 aliphatic rings. The molecule has 4 nitrogen and oxygen atoms in total. The van der Waals surface area contributed by atoms with Crippen molar-refractivity contribution in [3.63, 3.8) is 0 Å². The molecule has 1 fully saturated rings. The van der Waals surface area contributed by atoms with E-state index in [0.29, 0.717) is 5.92 Å². The topological polar surface area (TPSA) is 48.1 Å². The van der Waals surface area contributed by atoms with E-state index >= 15 is 0 Å². The summed E-state index contributed by atoms with van der Waals surface area (Å²) in [6.45, 7) is 3.18. The molecule has 2 N–H and O–H groups in total. The maximum atomic E-state index is 14.6. The fourth-order valence-electron chi connectivity index (χ4n) is 7.41. The largest absolute Gasteiger partial charge is 0.356 e. The van der Waals surface area contributed by atoms with Gasteiger partial charge in [0.2, 0.25) is 0 Å². The molecule has 1 aliphatic carbocycles. The lowest BCUT2D eigenvalue weighted by molar-refractivity contribution is -0.124. The van der Waals surface area contributed by atoms with Crippen molar-refractivity contribution < 1.29 is 4.79 Å². The van der Waals surface area contributed by atoms with Gasteiger partial charge in [0.1, 0.15) is 0 Å². The highest BCUT2D eigenvalue weighted by molar-refractivity contribution is 6.13. The van der Waals surface area contributed by atoms with E-state index in [1.54, 1.807) is 0 Å². The molecule has 1 amide bonds. The Balaban J connectivity index is 1.53. The van der Waals surface area contributed by atoms with Gasteiger partial charge in [-0.1, -0.05) is 62.6 Å². The number of anilines is 1. The highest BCUT2D eigenvalue weighted by Gasteiger charge is 2.62. The summed E-state index contributed by atoms with van der Waals surface area (Å²) in [7, 11) is 0. The van der Waals surface area contributed by atoms with Crippen molar-refractivity contribution in [1.82, 2.24) is 10.3 Å². The third-order valence-electron chi connectivity index (χ3n) is 8.65. The van der Waals surface area contributed by atoms with Crippen LogP contribution < -0.4 is 10.2 Å². The molecule has 2 atom stereocenters. The number of amides is 1. The van der Waals surface area contributed by atoms with Gasteiger partial charge in [-0.3, -0.25) is 10.1 Å². The highest BCUT2D eigenvalue weighted by atomic mass is 16.2. The second-order valence-electron chi connectivity index (χ2n) is 10.2. The van der Waals surface area contributed by atoms with Crippen molar-refractivity contribution in [3.8, 4) is 0 Å². The van der Waals surface area contributed by atoms with Crippen LogP contribution in [0.2, 0.25) is 0 Å². The minimum atomic E-state index is -0.785. The lowest BCUT2D eigenvalue weighted by Gasteiger charge is -2.50. The van der Waals surface area contributed by atoms with E-state index in [4.69, 9.17) is 0 Å². The molecule has 0 bridgehead atoms. The molecular formula is C27H29N3O. The Labute approximate surface area is 183 Å². The normalized spacial score (nSPS) is 28.4. The van der Waals surface area contributed by atoms with E-state index < -0.39 is 5.54 Å². The Morgan fingerprint density at radius 2 is 1.87 bits per heavy atom. The van der Waals surface area contributed by atoms with Crippen molar-refractivity contribution >= 4 is 22.5 Å². The number of hydrogen-bond donors (Lipinski definition) is 2.